The Morgan fingerprint density at radius 1 is 1.50 bits per heavy atom. The number of nitrogens with one attached hydrogen (secondary N) is 1. The number of nitrogen functional groups attached to an aromatic ring is 1. The van der Waals surface area contributed by atoms with Crippen molar-refractivity contribution in [3.63, 3.8) is 0 Å². The molecular formula is C13H17ClN2OS. The fraction of sp³-hybridized carbons (Fsp3) is 0.462. The first-order valence-electron chi connectivity index (χ1n) is 6.06. The molecule has 0 spiro atoms. The molecule has 1 aliphatic rings. The van der Waals surface area contributed by atoms with Gasteiger partial charge in [0.2, 0.25) is 5.91 Å². The van der Waals surface area contributed by atoms with Gasteiger partial charge in [-0.2, -0.15) is 0 Å². The summed E-state index contributed by atoms with van der Waals surface area (Å²) in [6.45, 7) is 1.91. The van der Waals surface area contributed by atoms with Crippen LogP contribution in [0.2, 0.25) is 5.02 Å². The predicted molar refractivity (Wildman–Crippen MR) is 79.3 cm³/mol. The van der Waals surface area contributed by atoms with E-state index >= 15 is 0 Å². The van der Waals surface area contributed by atoms with Crippen molar-refractivity contribution in [2.45, 2.75) is 31.4 Å². The van der Waals surface area contributed by atoms with Gasteiger partial charge in [0.15, 0.2) is 0 Å². The molecule has 1 heterocycles. The van der Waals surface area contributed by atoms with Gasteiger partial charge in [0.05, 0.1) is 16.0 Å². The summed E-state index contributed by atoms with van der Waals surface area (Å²) in [6.07, 6.45) is 3.30. The molecule has 1 aliphatic heterocycles. The molecule has 1 amide bonds. The van der Waals surface area contributed by atoms with Crippen LogP contribution in [0.5, 0.6) is 0 Å². The molecule has 3 nitrogen and oxygen atoms in total. The van der Waals surface area contributed by atoms with Crippen LogP contribution >= 0.6 is 23.4 Å². The molecule has 18 heavy (non-hydrogen) atoms. The van der Waals surface area contributed by atoms with Gasteiger partial charge in [0, 0.05) is 5.69 Å². The first kappa shape index (κ1) is 13.6. The second-order valence-corrected chi connectivity index (χ2v) is 6.25. The predicted octanol–water partition coefficient (Wildman–Crippen LogP) is 3.45. The maximum absolute atomic E-state index is 12.1. The van der Waals surface area contributed by atoms with Crippen LogP contribution in [0.25, 0.3) is 0 Å². The maximum Gasteiger partial charge on any atom is 0.237 e. The van der Waals surface area contributed by atoms with Crippen LogP contribution in [-0.2, 0) is 4.79 Å². The second-order valence-electron chi connectivity index (χ2n) is 4.53. The molecule has 0 aromatic heterocycles. The molecule has 1 fully saturated rings. The van der Waals surface area contributed by atoms with E-state index in [0.29, 0.717) is 10.7 Å². The molecule has 1 aromatic carbocycles. The number of carbonyl (C=O) groups excluding carboxylic acids is 1. The van der Waals surface area contributed by atoms with E-state index in [9.17, 15) is 4.79 Å². The van der Waals surface area contributed by atoms with Gasteiger partial charge in [0.25, 0.3) is 0 Å². The van der Waals surface area contributed by atoms with E-state index in [2.05, 4.69) is 5.32 Å². The van der Waals surface area contributed by atoms with Crippen molar-refractivity contribution in [3.8, 4) is 0 Å². The minimum absolute atomic E-state index is 0.0643. The molecule has 1 aromatic rings. The molecule has 1 saturated heterocycles. The first-order valence-corrected chi connectivity index (χ1v) is 7.48. The average Bonchev–Trinajstić information content (AvgIpc) is 2.37. The number of benzene rings is 1. The van der Waals surface area contributed by atoms with Crippen LogP contribution in [-0.4, -0.2) is 16.9 Å². The van der Waals surface area contributed by atoms with Crippen LogP contribution < -0.4 is 11.1 Å². The summed E-state index contributed by atoms with van der Waals surface area (Å²) in [4.78, 5) is 12.1. The molecule has 0 saturated carbocycles. The Morgan fingerprint density at radius 2 is 2.28 bits per heavy atom. The standard InChI is InChI=1S/C13H17ClN2OS/c1-8-6-10(15)9(14)7-11(8)16-13(17)12-4-2-3-5-18-12/h6-7,12H,2-5,15H2,1H3,(H,16,17). The van der Waals surface area contributed by atoms with Crippen molar-refractivity contribution in [1.29, 1.82) is 0 Å². The lowest BCUT2D eigenvalue weighted by molar-refractivity contribution is -0.115. The van der Waals surface area contributed by atoms with E-state index < -0.39 is 0 Å². The van der Waals surface area contributed by atoms with Crippen LogP contribution in [0.3, 0.4) is 0 Å². The number of nitrogens with two attached hydrogens (primary N) is 1. The average molecular weight is 285 g/mol. The summed E-state index contributed by atoms with van der Waals surface area (Å²) in [5, 5.41) is 3.49. The molecule has 98 valence electrons. The fourth-order valence-corrected chi connectivity index (χ4v) is 3.36. The zero-order valence-electron chi connectivity index (χ0n) is 10.3. The molecule has 2 rings (SSSR count). The topological polar surface area (TPSA) is 55.1 Å². The van der Waals surface area contributed by atoms with Gasteiger partial charge < -0.3 is 11.1 Å². The number of aryl methyl sites for hydroxylation is 1. The van der Waals surface area contributed by atoms with Crippen LogP contribution in [0.1, 0.15) is 24.8 Å². The number of amides is 1. The Bertz CT molecular complexity index is 459. The van der Waals surface area contributed by atoms with E-state index in [4.69, 9.17) is 17.3 Å². The smallest absolute Gasteiger partial charge is 0.237 e. The number of thioether (sulfide) groups is 1. The van der Waals surface area contributed by atoms with Crippen molar-refractivity contribution in [3.05, 3.63) is 22.7 Å². The van der Waals surface area contributed by atoms with E-state index in [1.807, 2.05) is 6.92 Å². The van der Waals surface area contributed by atoms with Gasteiger partial charge in [-0.05, 0) is 43.2 Å². The molecular weight excluding hydrogens is 268 g/mol. The third-order valence-corrected chi connectivity index (χ3v) is 4.78. The highest BCUT2D eigenvalue weighted by Gasteiger charge is 2.22. The van der Waals surface area contributed by atoms with Crippen LogP contribution in [0, 0.1) is 6.92 Å². The lowest BCUT2D eigenvalue weighted by Gasteiger charge is -2.21. The number of rotatable bonds is 2. The lowest BCUT2D eigenvalue weighted by atomic mass is 10.1. The Morgan fingerprint density at radius 3 is 2.94 bits per heavy atom. The highest BCUT2D eigenvalue weighted by Crippen LogP contribution is 2.29. The van der Waals surface area contributed by atoms with E-state index in [1.165, 1.54) is 6.42 Å². The van der Waals surface area contributed by atoms with Gasteiger partial charge in [0.1, 0.15) is 0 Å². The van der Waals surface area contributed by atoms with E-state index in [0.717, 1.165) is 29.8 Å². The van der Waals surface area contributed by atoms with Crippen molar-refractivity contribution in [2.75, 3.05) is 16.8 Å². The van der Waals surface area contributed by atoms with Gasteiger partial charge in [-0.3, -0.25) is 4.79 Å². The van der Waals surface area contributed by atoms with E-state index in [-0.39, 0.29) is 11.2 Å². The number of hydrogen-bond donors (Lipinski definition) is 2. The Labute approximate surface area is 116 Å². The quantitative estimate of drug-likeness (QED) is 0.818. The van der Waals surface area contributed by atoms with Crippen molar-refractivity contribution >= 4 is 40.6 Å². The number of hydrogen-bond acceptors (Lipinski definition) is 3. The molecule has 5 heteroatoms. The van der Waals surface area contributed by atoms with Gasteiger partial charge in [-0.1, -0.05) is 18.0 Å². The lowest BCUT2D eigenvalue weighted by Crippen LogP contribution is -2.27. The summed E-state index contributed by atoms with van der Waals surface area (Å²) < 4.78 is 0. The summed E-state index contributed by atoms with van der Waals surface area (Å²) in [5.74, 6) is 1.14. The molecule has 0 bridgehead atoms. The molecule has 0 radical (unpaired) electrons. The van der Waals surface area contributed by atoms with Crippen molar-refractivity contribution < 1.29 is 4.79 Å². The van der Waals surface area contributed by atoms with Crippen LogP contribution in [0.15, 0.2) is 12.1 Å². The van der Waals surface area contributed by atoms with Gasteiger partial charge >= 0.3 is 0 Å². The van der Waals surface area contributed by atoms with Crippen molar-refractivity contribution in [2.24, 2.45) is 0 Å². The van der Waals surface area contributed by atoms with Gasteiger partial charge in [-0.25, -0.2) is 0 Å². The minimum atomic E-state index is 0.0643. The number of carbonyl (C=O) groups is 1. The molecule has 1 atom stereocenters. The third-order valence-electron chi connectivity index (χ3n) is 3.07. The zero-order valence-corrected chi connectivity index (χ0v) is 11.9. The van der Waals surface area contributed by atoms with E-state index in [1.54, 1.807) is 23.9 Å². The number of halogens is 1. The monoisotopic (exact) mass is 284 g/mol. The summed E-state index contributed by atoms with van der Waals surface area (Å²) >= 11 is 7.71. The minimum Gasteiger partial charge on any atom is -0.398 e. The normalized spacial score (nSPS) is 19.6. The summed E-state index contributed by atoms with van der Waals surface area (Å²) in [7, 11) is 0. The zero-order chi connectivity index (χ0) is 13.1. The molecule has 1 unspecified atom stereocenters. The highest BCUT2D eigenvalue weighted by molar-refractivity contribution is 8.00. The highest BCUT2D eigenvalue weighted by atomic mass is 35.5. The summed E-state index contributed by atoms with van der Waals surface area (Å²) in [6, 6.07) is 3.50. The Hall–Kier alpha value is -0.870. The van der Waals surface area contributed by atoms with Crippen molar-refractivity contribution in [1.82, 2.24) is 0 Å². The Balaban J connectivity index is 2.08. The molecule has 0 aliphatic carbocycles. The second kappa shape index (κ2) is 5.85. The molecule has 3 N–H and O–H groups in total. The first-order chi connectivity index (χ1) is 8.58. The van der Waals surface area contributed by atoms with Gasteiger partial charge in [-0.15, -0.1) is 11.8 Å². The SMILES string of the molecule is Cc1cc(N)c(Cl)cc1NC(=O)C1CCCCS1. The number of anilines is 2. The fourth-order valence-electron chi connectivity index (χ4n) is 2.00. The van der Waals surface area contributed by atoms with Crippen LogP contribution in [0.4, 0.5) is 11.4 Å². The summed E-state index contributed by atoms with van der Waals surface area (Å²) in [5.41, 5.74) is 7.95. The third kappa shape index (κ3) is 3.12. The maximum atomic E-state index is 12.1. The Kier molecular flexibility index (Phi) is 4.40. The largest absolute Gasteiger partial charge is 0.398 e.